The van der Waals surface area contributed by atoms with Crippen LogP contribution in [0.15, 0.2) is 29.4 Å². The Bertz CT molecular complexity index is 729. The lowest BCUT2D eigenvalue weighted by Crippen LogP contribution is -2.12. The predicted molar refractivity (Wildman–Crippen MR) is 96.5 cm³/mol. The van der Waals surface area contributed by atoms with E-state index in [1.807, 2.05) is 0 Å². The number of ether oxygens (including phenoxy) is 1. The fraction of sp³-hybridized carbons (Fsp3) is 0.375. The maximum atomic E-state index is 13.7. The molecule has 1 N–H and O–H groups in total. The minimum absolute atomic E-state index is 0.232. The van der Waals surface area contributed by atoms with Gasteiger partial charge in [0.1, 0.15) is 5.82 Å². The summed E-state index contributed by atoms with van der Waals surface area (Å²) < 4.78 is 37.6. The Labute approximate surface area is 153 Å². The number of nitrogens with zero attached hydrogens (tertiary/aromatic N) is 3. The van der Waals surface area contributed by atoms with Crippen LogP contribution in [0.5, 0.6) is 5.88 Å². The molecule has 2 aromatic rings. The summed E-state index contributed by atoms with van der Waals surface area (Å²) in [5, 5.41) is 0.438. The second-order valence-corrected chi connectivity index (χ2v) is 7.25. The molecule has 1 aromatic carbocycles. The van der Waals surface area contributed by atoms with Crippen LogP contribution in [-0.2, 0) is 5.75 Å². The number of aromatic nitrogens is 2. The Morgan fingerprint density at radius 2 is 2.04 bits per heavy atom. The molecule has 25 heavy (non-hydrogen) atoms. The van der Waals surface area contributed by atoms with Gasteiger partial charge in [-0.2, -0.15) is 4.98 Å². The van der Waals surface area contributed by atoms with Crippen molar-refractivity contribution in [2.24, 2.45) is 0 Å². The number of thioether (sulfide) groups is 1. The van der Waals surface area contributed by atoms with E-state index in [1.54, 1.807) is 12.1 Å². The number of halogens is 2. The molecule has 0 bridgehead atoms. The molecule has 0 aliphatic carbocycles. The van der Waals surface area contributed by atoms with E-state index in [0.29, 0.717) is 16.9 Å². The van der Waals surface area contributed by atoms with Crippen LogP contribution in [0.2, 0.25) is 0 Å². The number of anilines is 1. The van der Waals surface area contributed by atoms with Crippen LogP contribution in [0.4, 0.5) is 14.6 Å². The predicted octanol–water partition coefficient (Wildman–Crippen LogP) is 4.13. The summed E-state index contributed by atoms with van der Waals surface area (Å²) in [7, 11) is 1.53. The fourth-order valence-electron chi connectivity index (χ4n) is 2.32. The highest BCUT2D eigenvalue weighted by Gasteiger charge is 2.14. The van der Waals surface area contributed by atoms with Gasteiger partial charge in [-0.25, -0.2) is 18.1 Å². The Hall–Kier alpha value is -1.58. The standard InChI is InChI=1S/C16H18F2N4OS2/c1-23-14-9-13(21-25-22-7-2-3-8-22)19-16(20-14)24-10-11-5-4-6-12(17)15(11)18/h4-6,9H,2-3,7-8,10H2,1H3,(H,19,20,21). The summed E-state index contributed by atoms with van der Waals surface area (Å²) in [6.07, 6.45) is 2.39. The van der Waals surface area contributed by atoms with Gasteiger partial charge in [-0.05, 0) is 18.9 Å². The Kier molecular flexibility index (Phi) is 6.33. The van der Waals surface area contributed by atoms with Gasteiger partial charge in [-0.15, -0.1) is 0 Å². The first kappa shape index (κ1) is 18.2. The molecule has 3 rings (SSSR count). The Morgan fingerprint density at radius 1 is 1.24 bits per heavy atom. The van der Waals surface area contributed by atoms with E-state index in [1.165, 1.54) is 49.9 Å². The largest absolute Gasteiger partial charge is 0.481 e. The van der Waals surface area contributed by atoms with Crippen molar-refractivity contribution in [1.82, 2.24) is 14.3 Å². The highest BCUT2D eigenvalue weighted by molar-refractivity contribution is 7.98. The molecule has 1 aromatic heterocycles. The third-order valence-corrected chi connectivity index (χ3v) is 5.44. The molecule has 1 fully saturated rings. The minimum atomic E-state index is -0.853. The number of hydrogen-bond donors (Lipinski definition) is 1. The average molecular weight is 384 g/mol. The van der Waals surface area contributed by atoms with Gasteiger partial charge in [-0.1, -0.05) is 23.9 Å². The molecule has 1 aliphatic rings. The van der Waals surface area contributed by atoms with E-state index in [-0.39, 0.29) is 11.3 Å². The van der Waals surface area contributed by atoms with E-state index < -0.39 is 11.6 Å². The van der Waals surface area contributed by atoms with Crippen molar-refractivity contribution in [1.29, 1.82) is 0 Å². The van der Waals surface area contributed by atoms with E-state index >= 15 is 0 Å². The molecule has 0 saturated carbocycles. The van der Waals surface area contributed by atoms with Gasteiger partial charge < -0.3 is 9.46 Å². The topological polar surface area (TPSA) is 50.3 Å². The monoisotopic (exact) mass is 384 g/mol. The van der Waals surface area contributed by atoms with E-state index in [4.69, 9.17) is 4.74 Å². The normalized spacial score (nSPS) is 14.7. The second kappa shape index (κ2) is 8.68. The van der Waals surface area contributed by atoms with E-state index in [9.17, 15) is 8.78 Å². The van der Waals surface area contributed by atoms with Gasteiger partial charge in [-0.3, -0.25) is 0 Å². The Balaban J connectivity index is 1.67. The van der Waals surface area contributed by atoms with Crippen LogP contribution in [0.1, 0.15) is 18.4 Å². The number of rotatable bonds is 7. The summed E-state index contributed by atoms with van der Waals surface area (Å²) in [4.78, 5) is 8.66. The van der Waals surface area contributed by atoms with Gasteiger partial charge in [0.25, 0.3) is 0 Å². The first-order valence-electron chi connectivity index (χ1n) is 7.82. The lowest BCUT2D eigenvalue weighted by atomic mass is 10.2. The summed E-state index contributed by atoms with van der Waals surface area (Å²) in [5.74, 6) is -0.419. The molecule has 0 atom stereocenters. The maximum Gasteiger partial charge on any atom is 0.219 e. The zero-order valence-electron chi connectivity index (χ0n) is 13.7. The summed E-state index contributed by atoms with van der Waals surface area (Å²) >= 11 is 2.73. The first-order valence-corrected chi connectivity index (χ1v) is 9.58. The second-order valence-electron chi connectivity index (χ2n) is 5.41. The van der Waals surface area contributed by atoms with Crippen LogP contribution >= 0.6 is 23.9 Å². The van der Waals surface area contributed by atoms with Gasteiger partial charge in [0.05, 0.1) is 7.11 Å². The fourth-order valence-corrected chi connectivity index (χ4v) is 3.91. The molecule has 1 saturated heterocycles. The van der Waals surface area contributed by atoms with Crippen molar-refractivity contribution in [3.05, 3.63) is 41.5 Å². The lowest BCUT2D eigenvalue weighted by molar-refractivity contribution is 0.393. The summed E-state index contributed by atoms with van der Waals surface area (Å²) in [5.41, 5.74) is 0.275. The van der Waals surface area contributed by atoms with Crippen LogP contribution in [0.3, 0.4) is 0 Å². The quantitative estimate of drug-likeness (QED) is 0.438. The first-order chi connectivity index (χ1) is 12.2. The molecule has 0 spiro atoms. The maximum absolute atomic E-state index is 13.7. The van der Waals surface area contributed by atoms with E-state index in [0.717, 1.165) is 19.2 Å². The number of benzene rings is 1. The van der Waals surface area contributed by atoms with Crippen molar-refractivity contribution in [2.45, 2.75) is 23.8 Å². The molecule has 5 nitrogen and oxygen atoms in total. The van der Waals surface area contributed by atoms with Gasteiger partial charge in [0.2, 0.25) is 5.88 Å². The molecule has 0 radical (unpaired) electrons. The Morgan fingerprint density at radius 3 is 2.80 bits per heavy atom. The molecule has 0 unspecified atom stereocenters. The van der Waals surface area contributed by atoms with Crippen molar-refractivity contribution in [2.75, 3.05) is 24.9 Å². The SMILES string of the molecule is COc1cc(NSN2CCCC2)nc(SCc2cccc(F)c2F)n1. The molecule has 2 heterocycles. The van der Waals surface area contributed by atoms with E-state index in [2.05, 4.69) is 19.0 Å². The smallest absolute Gasteiger partial charge is 0.219 e. The number of hydrogen-bond acceptors (Lipinski definition) is 7. The summed E-state index contributed by atoms with van der Waals surface area (Å²) in [6.45, 7) is 2.08. The van der Waals surface area contributed by atoms with Crippen molar-refractivity contribution in [3.63, 3.8) is 0 Å². The van der Waals surface area contributed by atoms with Gasteiger partial charge in [0, 0.05) is 42.6 Å². The zero-order chi connectivity index (χ0) is 17.6. The van der Waals surface area contributed by atoms with Crippen molar-refractivity contribution in [3.8, 4) is 5.88 Å². The highest BCUT2D eigenvalue weighted by Crippen LogP contribution is 2.27. The van der Waals surface area contributed by atoms with Crippen molar-refractivity contribution < 1.29 is 13.5 Å². The number of nitrogens with one attached hydrogen (secondary N) is 1. The lowest BCUT2D eigenvalue weighted by Gasteiger charge is -2.14. The highest BCUT2D eigenvalue weighted by atomic mass is 32.2. The molecule has 134 valence electrons. The number of methoxy groups -OCH3 is 1. The minimum Gasteiger partial charge on any atom is -0.481 e. The van der Waals surface area contributed by atoms with Crippen LogP contribution in [0.25, 0.3) is 0 Å². The van der Waals surface area contributed by atoms with Gasteiger partial charge in [0.15, 0.2) is 16.8 Å². The van der Waals surface area contributed by atoms with Crippen molar-refractivity contribution >= 4 is 29.7 Å². The molecule has 0 amide bonds. The third-order valence-electron chi connectivity index (χ3n) is 3.62. The summed E-state index contributed by atoms with van der Waals surface area (Å²) in [6, 6.07) is 5.84. The average Bonchev–Trinajstić information content (AvgIpc) is 3.14. The van der Waals surface area contributed by atoms with Crippen LogP contribution < -0.4 is 9.46 Å². The molecular formula is C16H18F2N4OS2. The zero-order valence-corrected chi connectivity index (χ0v) is 15.3. The third kappa shape index (κ3) is 4.96. The van der Waals surface area contributed by atoms with Crippen LogP contribution in [0, 0.1) is 11.6 Å². The molecule has 9 heteroatoms. The molecule has 1 aliphatic heterocycles. The van der Waals surface area contributed by atoms with Crippen LogP contribution in [-0.4, -0.2) is 34.5 Å². The van der Waals surface area contributed by atoms with Gasteiger partial charge >= 0.3 is 0 Å². The molecular weight excluding hydrogens is 366 g/mol.